The van der Waals surface area contributed by atoms with Crippen LogP contribution >= 0.6 is 0 Å². The quantitative estimate of drug-likeness (QED) is 0.506. The van der Waals surface area contributed by atoms with Crippen LogP contribution in [0, 0.1) is 0 Å². The van der Waals surface area contributed by atoms with E-state index >= 15 is 0 Å². The minimum atomic E-state index is -0.711. The van der Waals surface area contributed by atoms with Crippen molar-refractivity contribution in [3.63, 3.8) is 0 Å². The fourth-order valence-corrected chi connectivity index (χ4v) is 3.64. The molecular formula is C25H25NO7. The first kappa shape index (κ1) is 23.6. The van der Waals surface area contributed by atoms with E-state index in [1.165, 1.54) is 14.2 Å². The van der Waals surface area contributed by atoms with Gasteiger partial charge in [-0.3, -0.25) is 0 Å². The van der Waals surface area contributed by atoms with Crippen LogP contribution in [0.1, 0.15) is 25.3 Å². The molecule has 0 bridgehead atoms. The van der Waals surface area contributed by atoms with Crippen LogP contribution in [-0.2, 0) is 23.9 Å². The van der Waals surface area contributed by atoms with Gasteiger partial charge in [0.05, 0.1) is 31.3 Å². The maximum atomic E-state index is 12.5. The summed E-state index contributed by atoms with van der Waals surface area (Å²) in [6, 6.07) is 15.5. The van der Waals surface area contributed by atoms with Gasteiger partial charge in [-0.15, -0.1) is 0 Å². The Morgan fingerprint density at radius 3 is 1.85 bits per heavy atom. The van der Waals surface area contributed by atoms with Gasteiger partial charge >= 0.3 is 17.9 Å². The highest BCUT2D eigenvalue weighted by molar-refractivity contribution is 5.99. The molecule has 2 aromatic rings. The molecule has 0 unspecified atom stereocenters. The fraction of sp³-hybridized carbons (Fsp3) is 0.240. The number of carbonyl (C=O) groups excluding carboxylic acids is 3. The summed E-state index contributed by atoms with van der Waals surface area (Å²) in [5.74, 6) is -1.54. The third-order valence-electron chi connectivity index (χ3n) is 5.12. The lowest BCUT2D eigenvalue weighted by molar-refractivity contribution is -0.138. The molecule has 0 atom stereocenters. The van der Waals surface area contributed by atoms with Crippen molar-refractivity contribution in [2.45, 2.75) is 19.8 Å². The molecule has 1 heterocycles. The third-order valence-corrected chi connectivity index (χ3v) is 5.12. The van der Waals surface area contributed by atoms with Gasteiger partial charge in [0, 0.05) is 11.4 Å². The number of ether oxygens (including phenoxy) is 4. The topological polar surface area (TPSA) is 100 Å². The van der Waals surface area contributed by atoms with Crippen molar-refractivity contribution in [1.82, 2.24) is 5.32 Å². The van der Waals surface area contributed by atoms with Gasteiger partial charge in [0.25, 0.3) is 0 Å². The van der Waals surface area contributed by atoms with E-state index in [4.69, 9.17) is 18.9 Å². The first-order chi connectivity index (χ1) is 15.8. The largest absolute Gasteiger partial charge is 0.482 e. The molecule has 0 saturated heterocycles. The monoisotopic (exact) mass is 451 g/mol. The SMILES string of the molecule is COC(=O)C1=C(C)NC(C)=C(C(=O)OC)C1c1ccc(OC(=O)COc2ccccc2)cc1. The second kappa shape index (κ2) is 10.5. The number of hydrogen-bond acceptors (Lipinski definition) is 8. The number of nitrogens with one attached hydrogen (secondary N) is 1. The summed E-state index contributed by atoms with van der Waals surface area (Å²) in [5.41, 5.74) is 2.38. The number of rotatable bonds is 7. The zero-order valence-corrected chi connectivity index (χ0v) is 18.8. The first-order valence-corrected chi connectivity index (χ1v) is 10.2. The summed E-state index contributed by atoms with van der Waals surface area (Å²) in [7, 11) is 2.56. The molecule has 0 spiro atoms. The molecule has 0 saturated carbocycles. The molecule has 1 aliphatic rings. The van der Waals surface area contributed by atoms with Crippen LogP contribution in [0.5, 0.6) is 11.5 Å². The number of para-hydroxylation sites is 1. The predicted molar refractivity (Wildman–Crippen MR) is 119 cm³/mol. The van der Waals surface area contributed by atoms with Gasteiger partial charge in [0.1, 0.15) is 11.5 Å². The lowest BCUT2D eigenvalue weighted by atomic mass is 9.80. The van der Waals surface area contributed by atoms with Crippen molar-refractivity contribution in [2.24, 2.45) is 0 Å². The minimum Gasteiger partial charge on any atom is -0.482 e. The van der Waals surface area contributed by atoms with Crippen molar-refractivity contribution >= 4 is 17.9 Å². The highest BCUT2D eigenvalue weighted by atomic mass is 16.6. The third kappa shape index (κ3) is 5.41. The summed E-state index contributed by atoms with van der Waals surface area (Å²) in [4.78, 5) is 37.2. The number of dihydropyridines is 1. The Balaban J connectivity index is 1.82. The van der Waals surface area contributed by atoms with E-state index in [1.807, 2.05) is 6.07 Å². The molecule has 0 aliphatic carbocycles. The molecule has 1 aliphatic heterocycles. The van der Waals surface area contributed by atoms with Crippen LogP contribution in [0.4, 0.5) is 0 Å². The van der Waals surface area contributed by atoms with E-state index in [9.17, 15) is 14.4 Å². The van der Waals surface area contributed by atoms with Gasteiger partial charge in [-0.1, -0.05) is 30.3 Å². The standard InChI is InChI=1S/C25H25NO7/c1-15-21(24(28)30-3)23(22(16(2)26-15)25(29)31-4)17-10-12-19(13-11-17)33-20(27)14-32-18-8-6-5-7-9-18/h5-13,23,26H,14H2,1-4H3. The van der Waals surface area contributed by atoms with Gasteiger partial charge in [-0.25, -0.2) is 14.4 Å². The zero-order chi connectivity index (χ0) is 24.0. The summed E-state index contributed by atoms with van der Waals surface area (Å²) >= 11 is 0. The van der Waals surface area contributed by atoms with Gasteiger partial charge < -0.3 is 24.3 Å². The number of carbonyl (C=O) groups is 3. The summed E-state index contributed by atoms with van der Waals surface area (Å²) in [6.07, 6.45) is 0. The maximum Gasteiger partial charge on any atom is 0.349 e. The normalized spacial score (nSPS) is 13.8. The van der Waals surface area contributed by atoms with E-state index in [-0.39, 0.29) is 6.61 Å². The summed E-state index contributed by atoms with van der Waals surface area (Å²) < 4.78 is 20.6. The van der Waals surface area contributed by atoms with Crippen LogP contribution in [-0.4, -0.2) is 38.7 Å². The van der Waals surface area contributed by atoms with Crippen LogP contribution in [0.2, 0.25) is 0 Å². The van der Waals surface area contributed by atoms with Crippen molar-refractivity contribution < 1.29 is 33.3 Å². The average molecular weight is 451 g/mol. The molecule has 3 rings (SSSR count). The number of allylic oxidation sites excluding steroid dienone is 2. The smallest absolute Gasteiger partial charge is 0.349 e. The molecule has 0 radical (unpaired) electrons. The van der Waals surface area contributed by atoms with Crippen molar-refractivity contribution in [3.05, 3.63) is 82.7 Å². The Labute approximate surface area is 191 Å². The average Bonchev–Trinajstić information content (AvgIpc) is 2.82. The van der Waals surface area contributed by atoms with Gasteiger partial charge in [-0.05, 0) is 43.7 Å². The Morgan fingerprint density at radius 2 is 1.33 bits per heavy atom. The van der Waals surface area contributed by atoms with Gasteiger partial charge in [0.15, 0.2) is 6.61 Å². The molecule has 1 N–H and O–H groups in total. The zero-order valence-electron chi connectivity index (χ0n) is 18.8. The van der Waals surface area contributed by atoms with Crippen LogP contribution in [0.15, 0.2) is 77.1 Å². The van der Waals surface area contributed by atoms with Crippen molar-refractivity contribution in [2.75, 3.05) is 20.8 Å². The lowest BCUT2D eigenvalue weighted by Crippen LogP contribution is -2.32. The van der Waals surface area contributed by atoms with E-state index in [0.29, 0.717) is 39.6 Å². The Hall–Kier alpha value is -4.07. The molecule has 33 heavy (non-hydrogen) atoms. The Kier molecular flexibility index (Phi) is 7.50. The van der Waals surface area contributed by atoms with Crippen LogP contribution in [0.25, 0.3) is 0 Å². The van der Waals surface area contributed by atoms with Crippen LogP contribution < -0.4 is 14.8 Å². The van der Waals surface area contributed by atoms with E-state index < -0.39 is 23.8 Å². The van der Waals surface area contributed by atoms with E-state index in [1.54, 1.807) is 62.4 Å². The summed E-state index contributed by atoms with van der Waals surface area (Å²) in [6.45, 7) is 3.22. The molecule has 0 amide bonds. The fourth-order valence-electron chi connectivity index (χ4n) is 3.64. The van der Waals surface area contributed by atoms with Gasteiger partial charge in [-0.2, -0.15) is 0 Å². The lowest BCUT2D eigenvalue weighted by Gasteiger charge is -2.30. The Morgan fingerprint density at radius 1 is 0.788 bits per heavy atom. The number of esters is 3. The molecule has 0 aromatic heterocycles. The minimum absolute atomic E-state index is 0.247. The highest BCUT2D eigenvalue weighted by Gasteiger charge is 2.37. The molecule has 172 valence electrons. The second-order valence-corrected chi connectivity index (χ2v) is 7.26. The second-order valence-electron chi connectivity index (χ2n) is 7.26. The molecule has 0 fully saturated rings. The maximum absolute atomic E-state index is 12.5. The number of benzene rings is 2. The molecule has 2 aromatic carbocycles. The van der Waals surface area contributed by atoms with E-state index in [0.717, 1.165) is 0 Å². The molecular weight excluding hydrogens is 426 g/mol. The molecule has 8 nitrogen and oxygen atoms in total. The van der Waals surface area contributed by atoms with E-state index in [2.05, 4.69) is 5.32 Å². The van der Waals surface area contributed by atoms with Gasteiger partial charge in [0.2, 0.25) is 0 Å². The van der Waals surface area contributed by atoms with Crippen LogP contribution in [0.3, 0.4) is 0 Å². The number of methoxy groups -OCH3 is 2. The van der Waals surface area contributed by atoms with Crippen molar-refractivity contribution in [3.8, 4) is 11.5 Å². The summed E-state index contributed by atoms with van der Waals surface area (Å²) in [5, 5.41) is 3.05. The number of hydrogen-bond donors (Lipinski definition) is 1. The van der Waals surface area contributed by atoms with Crippen molar-refractivity contribution in [1.29, 1.82) is 0 Å². The highest BCUT2D eigenvalue weighted by Crippen LogP contribution is 2.39. The first-order valence-electron chi connectivity index (χ1n) is 10.2. The Bertz CT molecular complexity index is 1060. The predicted octanol–water partition coefficient (Wildman–Crippen LogP) is 3.25. The molecule has 8 heteroatoms.